The number of benzene rings is 1. The number of carbonyl (C=O) groups excluding carboxylic acids is 1. The van der Waals surface area contributed by atoms with Gasteiger partial charge in [0.15, 0.2) is 17.4 Å². The summed E-state index contributed by atoms with van der Waals surface area (Å²) in [5.41, 5.74) is 0.972. The maximum atomic E-state index is 13.2. The van der Waals surface area contributed by atoms with Gasteiger partial charge in [-0.1, -0.05) is 6.92 Å². The monoisotopic (exact) mass is 235 g/mol. The smallest absolute Gasteiger partial charge is 0.161 e. The summed E-state index contributed by atoms with van der Waals surface area (Å²) in [4.78, 5) is 15.5. The fourth-order valence-corrected chi connectivity index (χ4v) is 1.85. The number of nitrogens with zero attached hydrogens (tertiary/aromatic N) is 1. The number of hydrogen-bond donors (Lipinski definition) is 0. The summed E-state index contributed by atoms with van der Waals surface area (Å²) in [6.45, 7) is 3.25. The minimum Gasteiger partial charge on any atom is -0.294 e. The molecule has 0 amide bonds. The van der Waals surface area contributed by atoms with Gasteiger partial charge in [0, 0.05) is 22.8 Å². The van der Waals surface area contributed by atoms with Crippen molar-refractivity contribution in [2.75, 3.05) is 0 Å². The van der Waals surface area contributed by atoms with Gasteiger partial charge >= 0.3 is 0 Å². The summed E-state index contributed by atoms with van der Waals surface area (Å²) >= 11 is 0. The SMILES string of the molecule is CCc1ncc(C(C)=O)c2cc(F)c(F)cc12. The van der Waals surface area contributed by atoms with Crippen molar-refractivity contribution in [3.8, 4) is 0 Å². The third kappa shape index (κ3) is 1.90. The lowest BCUT2D eigenvalue weighted by molar-refractivity contribution is 0.101. The average Bonchev–Trinajstić information content (AvgIpc) is 2.29. The summed E-state index contributed by atoms with van der Waals surface area (Å²) in [6.07, 6.45) is 2.01. The Balaban J connectivity index is 2.90. The standard InChI is InChI=1S/C13H11F2NO/c1-3-13-9-5-12(15)11(14)4-8(9)10(6-16-13)7(2)17/h4-6H,3H2,1-2H3. The maximum absolute atomic E-state index is 13.2. The molecule has 0 saturated carbocycles. The number of carbonyl (C=O) groups is 1. The van der Waals surface area contributed by atoms with Crippen LogP contribution in [0, 0.1) is 11.6 Å². The third-order valence-corrected chi connectivity index (χ3v) is 2.73. The summed E-state index contributed by atoms with van der Waals surface area (Å²) in [5, 5.41) is 0.919. The predicted molar refractivity (Wildman–Crippen MR) is 61.0 cm³/mol. The van der Waals surface area contributed by atoms with Crippen molar-refractivity contribution in [1.29, 1.82) is 0 Å². The number of pyridine rings is 1. The molecule has 0 fully saturated rings. The minimum atomic E-state index is -0.951. The highest BCUT2D eigenvalue weighted by Gasteiger charge is 2.13. The number of rotatable bonds is 2. The molecular formula is C13H11F2NO. The molecule has 0 aliphatic heterocycles. The first-order valence-electron chi connectivity index (χ1n) is 5.32. The molecule has 0 unspecified atom stereocenters. The van der Waals surface area contributed by atoms with Crippen LogP contribution in [0.25, 0.3) is 10.8 Å². The van der Waals surface area contributed by atoms with E-state index in [9.17, 15) is 13.6 Å². The van der Waals surface area contributed by atoms with Crippen LogP contribution >= 0.6 is 0 Å². The second kappa shape index (κ2) is 4.20. The van der Waals surface area contributed by atoms with E-state index in [0.717, 1.165) is 12.1 Å². The van der Waals surface area contributed by atoms with Gasteiger partial charge < -0.3 is 0 Å². The zero-order valence-electron chi connectivity index (χ0n) is 9.55. The van der Waals surface area contributed by atoms with Crippen molar-refractivity contribution in [2.45, 2.75) is 20.3 Å². The van der Waals surface area contributed by atoms with Gasteiger partial charge in [0.05, 0.1) is 0 Å². The van der Waals surface area contributed by atoms with Crippen LogP contribution in [0.3, 0.4) is 0 Å². The van der Waals surface area contributed by atoms with E-state index in [-0.39, 0.29) is 5.78 Å². The van der Waals surface area contributed by atoms with Crippen molar-refractivity contribution >= 4 is 16.6 Å². The van der Waals surface area contributed by atoms with E-state index in [1.54, 1.807) is 0 Å². The largest absolute Gasteiger partial charge is 0.294 e. The lowest BCUT2D eigenvalue weighted by atomic mass is 10.0. The van der Waals surface area contributed by atoms with Crippen molar-refractivity contribution in [3.63, 3.8) is 0 Å². The molecule has 4 heteroatoms. The lowest BCUT2D eigenvalue weighted by Crippen LogP contribution is -2.00. The summed E-state index contributed by atoms with van der Waals surface area (Å²) in [7, 11) is 0. The van der Waals surface area contributed by atoms with E-state index in [1.807, 2.05) is 6.92 Å². The Hall–Kier alpha value is -1.84. The van der Waals surface area contributed by atoms with E-state index >= 15 is 0 Å². The van der Waals surface area contributed by atoms with Crippen molar-refractivity contribution in [2.24, 2.45) is 0 Å². The molecule has 2 aromatic rings. The molecule has 2 rings (SSSR count). The lowest BCUT2D eigenvalue weighted by Gasteiger charge is -2.08. The Morgan fingerprint density at radius 2 is 1.82 bits per heavy atom. The van der Waals surface area contributed by atoms with Crippen LogP contribution in [-0.4, -0.2) is 10.8 Å². The Morgan fingerprint density at radius 1 is 1.24 bits per heavy atom. The molecule has 88 valence electrons. The number of Topliss-reactive ketones (excluding diaryl/α,β-unsaturated/α-hetero) is 1. The fourth-order valence-electron chi connectivity index (χ4n) is 1.85. The number of halogens is 2. The van der Waals surface area contributed by atoms with Crippen molar-refractivity contribution in [3.05, 3.63) is 41.2 Å². The Kier molecular flexibility index (Phi) is 2.88. The van der Waals surface area contributed by atoms with Crippen molar-refractivity contribution in [1.82, 2.24) is 4.98 Å². The normalized spacial score (nSPS) is 10.8. The summed E-state index contributed by atoms with van der Waals surface area (Å²) < 4.78 is 26.4. The fraction of sp³-hybridized carbons (Fsp3) is 0.231. The first-order chi connectivity index (χ1) is 8.04. The summed E-state index contributed by atoms with van der Waals surface area (Å²) in [6, 6.07) is 2.16. The highest BCUT2D eigenvalue weighted by Crippen LogP contribution is 2.24. The molecule has 0 radical (unpaired) electrons. The number of aryl methyl sites for hydroxylation is 1. The van der Waals surface area contributed by atoms with E-state index in [2.05, 4.69) is 4.98 Å². The molecule has 0 atom stereocenters. The number of fused-ring (bicyclic) bond motifs is 1. The Labute approximate surface area is 97.3 Å². The van der Waals surface area contributed by atoms with Gasteiger partial charge in [-0.15, -0.1) is 0 Å². The maximum Gasteiger partial charge on any atom is 0.161 e. The van der Waals surface area contributed by atoms with Gasteiger partial charge in [0.1, 0.15) is 0 Å². The third-order valence-electron chi connectivity index (χ3n) is 2.73. The molecule has 0 N–H and O–H groups in total. The van der Waals surface area contributed by atoms with Gasteiger partial charge in [-0.3, -0.25) is 9.78 Å². The second-order valence-electron chi connectivity index (χ2n) is 3.84. The molecule has 2 nitrogen and oxygen atoms in total. The predicted octanol–water partition coefficient (Wildman–Crippen LogP) is 3.28. The molecule has 0 aliphatic carbocycles. The molecule has 1 aromatic carbocycles. The highest BCUT2D eigenvalue weighted by molar-refractivity contribution is 6.07. The van der Waals surface area contributed by atoms with Crippen LogP contribution in [0.5, 0.6) is 0 Å². The van der Waals surface area contributed by atoms with Gasteiger partial charge in [0.25, 0.3) is 0 Å². The highest BCUT2D eigenvalue weighted by atomic mass is 19.2. The van der Waals surface area contributed by atoms with E-state index < -0.39 is 11.6 Å². The number of hydrogen-bond acceptors (Lipinski definition) is 2. The van der Waals surface area contributed by atoms with Gasteiger partial charge in [-0.2, -0.15) is 0 Å². The summed E-state index contributed by atoms with van der Waals surface area (Å²) in [5.74, 6) is -2.08. The first-order valence-corrected chi connectivity index (χ1v) is 5.32. The Morgan fingerprint density at radius 3 is 2.35 bits per heavy atom. The Bertz CT molecular complexity index is 608. The van der Waals surface area contributed by atoms with Crippen LogP contribution in [0.1, 0.15) is 29.9 Å². The molecule has 0 aliphatic rings. The van der Waals surface area contributed by atoms with E-state index in [4.69, 9.17) is 0 Å². The minimum absolute atomic E-state index is 0.212. The van der Waals surface area contributed by atoms with Crippen molar-refractivity contribution < 1.29 is 13.6 Å². The zero-order valence-corrected chi connectivity index (χ0v) is 9.55. The molecule has 0 spiro atoms. The van der Waals surface area contributed by atoms with Crippen LogP contribution in [0.2, 0.25) is 0 Å². The van der Waals surface area contributed by atoms with E-state index in [0.29, 0.717) is 28.5 Å². The van der Waals surface area contributed by atoms with Crippen LogP contribution in [-0.2, 0) is 6.42 Å². The van der Waals surface area contributed by atoms with Gasteiger partial charge in [-0.05, 0) is 30.9 Å². The molecular weight excluding hydrogens is 224 g/mol. The molecule has 1 aromatic heterocycles. The average molecular weight is 235 g/mol. The van der Waals surface area contributed by atoms with Gasteiger partial charge in [0.2, 0.25) is 0 Å². The van der Waals surface area contributed by atoms with Gasteiger partial charge in [-0.25, -0.2) is 8.78 Å². The molecule has 0 bridgehead atoms. The topological polar surface area (TPSA) is 30.0 Å². The zero-order chi connectivity index (χ0) is 12.6. The molecule has 1 heterocycles. The molecule has 17 heavy (non-hydrogen) atoms. The van der Waals surface area contributed by atoms with Crippen LogP contribution < -0.4 is 0 Å². The first kappa shape index (κ1) is 11.6. The number of ketones is 1. The second-order valence-corrected chi connectivity index (χ2v) is 3.84. The quantitative estimate of drug-likeness (QED) is 0.748. The van der Waals surface area contributed by atoms with Crippen LogP contribution in [0.15, 0.2) is 18.3 Å². The van der Waals surface area contributed by atoms with Crippen LogP contribution in [0.4, 0.5) is 8.78 Å². The molecule has 0 saturated heterocycles. The number of aromatic nitrogens is 1. The van der Waals surface area contributed by atoms with E-state index in [1.165, 1.54) is 13.1 Å².